The van der Waals surface area contributed by atoms with Gasteiger partial charge in [0.05, 0.1) is 12.0 Å². The lowest BCUT2D eigenvalue weighted by atomic mass is 9.71. The lowest BCUT2D eigenvalue weighted by Gasteiger charge is -2.29. The highest BCUT2D eigenvalue weighted by Crippen LogP contribution is 2.39. The van der Waals surface area contributed by atoms with Crippen LogP contribution in [0.1, 0.15) is 27.1 Å². The standard InChI is InChI=1S/C15H9NO6/c17-12-8-4-1-2-5-9(8)13(18)11-10(12)6-3-7-15(11,14(19)20)16(21)22/h1-6H,7H2,(H,19,20). The molecule has 0 aromatic heterocycles. The van der Waals surface area contributed by atoms with E-state index in [-0.39, 0.29) is 16.7 Å². The van der Waals surface area contributed by atoms with Crippen molar-refractivity contribution in [2.45, 2.75) is 12.0 Å². The number of Topliss-reactive ketones (excluding diaryl/α,β-unsaturated/α-hetero) is 2. The van der Waals surface area contributed by atoms with Crippen molar-refractivity contribution in [1.82, 2.24) is 0 Å². The van der Waals surface area contributed by atoms with E-state index in [9.17, 15) is 29.6 Å². The van der Waals surface area contributed by atoms with Crippen LogP contribution in [0.4, 0.5) is 0 Å². The number of benzene rings is 1. The second-order valence-corrected chi connectivity index (χ2v) is 5.02. The van der Waals surface area contributed by atoms with Crippen molar-refractivity contribution in [3.05, 3.63) is 68.8 Å². The number of carbonyl (C=O) groups excluding carboxylic acids is 2. The van der Waals surface area contributed by atoms with Crippen molar-refractivity contribution >= 4 is 17.5 Å². The van der Waals surface area contributed by atoms with Gasteiger partial charge >= 0.3 is 11.5 Å². The Bertz CT molecular complexity index is 803. The molecule has 3 rings (SSSR count). The molecular weight excluding hydrogens is 290 g/mol. The highest BCUT2D eigenvalue weighted by molar-refractivity contribution is 6.30. The molecule has 1 unspecified atom stereocenters. The molecule has 110 valence electrons. The average Bonchev–Trinajstić information content (AvgIpc) is 2.51. The third-order valence-corrected chi connectivity index (χ3v) is 3.93. The number of ketones is 2. The predicted octanol–water partition coefficient (Wildman–Crippen LogP) is 1.42. The smallest absolute Gasteiger partial charge is 0.387 e. The monoisotopic (exact) mass is 299 g/mol. The van der Waals surface area contributed by atoms with Gasteiger partial charge in [-0.1, -0.05) is 36.4 Å². The summed E-state index contributed by atoms with van der Waals surface area (Å²) in [5.41, 5.74) is -3.27. The van der Waals surface area contributed by atoms with Gasteiger partial charge in [0.2, 0.25) is 0 Å². The maximum Gasteiger partial charge on any atom is 0.387 e. The third-order valence-electron chi connectivity index (χ3n) is 3.93. The van der Waals surface area contributed by atoms with Gasteiger partial charge in [-0.05, 0) is 0 Å². The number of nitro groups is 1. The van der Waals surface area contributed by atoms with Crippen LogP contribution < -0.4 is 0 Å². The lowest BCUT2D eigenvalue weighted by molar-refractivity contribution is -0.542. The first-order valence-corrected chi connectivity index (χ1v) is 6.39. The zero-order chi connectivity index (χ0) is 16.1. The first-order valence-electron chi connectivity index (χ1n) is 6.39. The molecule has 0 bridgehead atoms. The van der Waals surface area contributed by atoms with Crippen molar-refractivity contribution in [3.63, 3.8) is 0 Å². The summed E-state index contributed by atoms with van der Waals surface area (Å²) in [4.78, 5) is 47.0. The van der Waals surface area contributed by atoms with E-state index in [0.29, 0.717) is 0 Å². The van der Waals surface area contributed by atoms with E-state index < -0.39 is 40.0 Å². The summed E-state index contributed by atoms with van der Waals surface area (Å²) in [6.45, 7) is 0. The Balaban J connectivity index is 2.35. The number of fused-ring (bicyclic) bond motifs is 1. The zero-order valence-electron chi connectivity index (χ0n) is 11.1. The predicted molar refractivity (Wildman–Crippen MR) is 73.2 cm³/mol. The Labute approximate surface area is 123 Å². The first kappa shape index (κ1) is 13.9. The van der Waals surface area contributed by atoms with Gasteiger partial charge < -0.3 is 5.11 Å². The molecule has 1 aromatic rings. The van der Waals surface area contributed by atoms with Gasteiger partial charge in [-0.2, -0.15) is 0 Å². The van der Waals surface area contributed by atoms with Crippen molar-refractivity contribution in [3.8, 4) is 0 Å². The Morgan fingerprint density at radius 1 is 1.18 bits per heavy atom. The number of allylic oxidation sites excluding steroid dienone is 2. The summed E-state index contributed by atoms with van der Waals surface area (Å²) in [5.74, 6) is -3.11. The second-order valence-electron chi connectivity index (χ2n) is 5.02. The minimum atomic E-state index is -2.62. The topological polar surface area (TPSA) is 115 Å². The van der Waals surface area contributed by atoms with Gasteiger partial charge in [-0.25, -0.2) is 4.79 Å². The molecule has 2 aliphatic carbocycles. The van der Waals surface area contributed by atoms with E-state index in [1.165, 1.54) is 30.4 Å². The van der Waals surface area contributed by atoms with E-state index in [1.54, 1.807) is 6.07 Å². The number of aliphatic carboxylic acids is 1. The van der Waals surface area contributed by atoms with Crippen LogP contribution >= 0.6 is 0 Å². The summed E-state index contributed by atoms with van der Waals surface area (Å²) in [6.07, 6.45) is 2.06. The molecule has 0 aliphatic heterocycles. The Morgan fingerprint density at radius 3 is 2.32 bits per heavy atom. The number of rotatable bonds is 2. The second kappa shape index (κ2) is 4.45. The molecule has 0 saturated heterocycles. The third kappa shape index (κ3) is 1.53. The first-order chi connectivity index (χ1) is 10.4. The van der Waals surface area contributed by atoms with Gasteiger partial charge in [-0.3, -0.25) is 19.7 Å². The van der Waals surface area contributed by atoms with Crippen LogP contribution in [0.3, 0.4) is 0 Å². The summed E-state index contributed by atoms with van der Waals surface area (Å²) in [7, 11) is 0. The number of carboxylic acids is 1. The average molecular weight is 299 g/mol. The molecule has 22 heavy (non-hydrogen) atoms. The molecule has 7 nitrogen and oxygen atoms in total. The van der Waals surface area contributed by atoms with Crippen LogP contribution in [0.15, 0.2) is 47.6 Å². The molecule has 1 aromatic carbocycles. The highest BCUT2D eigenvalue weighted by atomic mass is 16.6. The van der Waals surface area contributed by atoms with Crippen LogP contribution in [0.5, 0.6) is 0 Å². The molecule has 0 radical (unpaired) electrons. The zero-order valence-corrected chi connectivity index (χ0v) is 11.1. The van der Waals surface area contributed by atoms with Crippen molar-refractivity contribution in [1.29, 1.82) is 0 Å². The molecule has 1 atom stereocenters. The largest absolute Gasteiger partial charge is 0.476 e. The van der Waals surface area contributed by atoms with Crippen LogP contribution in [-0.2, 0) is 4.79 Å². The van der Waals surface area contributed by atoms with Gasteiger partial charge in [0.1, 0.15) is 0 Å². The Hall–Kier alpha value is -3.09. The maximum atomic E-state index is 12.6. The molecule has 0 amide bonds. The molecule has 0 saturated carbocycles. The van der Waals surface area contributed by atoms with Crippen molar-refractivity contribution in [2.24, 2.45) is 0 Å². The van der Waals surface area contributed by atoms with Crippen LogP contribution in [0, 0.1) is 10.1 Å². The fraction of sp³-hybridized carbons (Fsp3) is 0.133. The van der Waals surface area contributed by atoms with E-state index in [2.05, 4.69) is 0 Å². The maximum absolute atomic E-state index is 12.6. The molecule has 2 aliphatic rings. The van der Waals surface area contributed by atoms with Crippen LogP contribution in [-0.4, -0.2) is 33.1 Å². The fourth-order valence-corrected chi connectivity index (χ4v) is 2.85. The van der Waals surface area contributed by atoms with Gasteiger partial charge in [0.15, 0.2) is 11.6 Å². The molecule has 0 fully saturated rings. The van der Waals surface area contributed by atoms with Gasteiger partial charge in [-0.15, -0.1) is 0 Å². The Kier molecular flexibility index (Phi) is 2.81. The number of carbonyl (C=O) groups is 3. The molecule has 1 N–H and O–H groups in total. The summed E-state index contributed by atoms with van der Waals surface area (Å²) >= 11 is 0. The highest BCUT2D eigenvalue weighted by Gasteiger charge is 2.60. The molecule has 0 heterocycles. The molecular formula is C15H9NO6. The van der Waals surface area contributed by atoms with Crippen molar-refractivity contribution in [2.75, 3.05) is 0 Å². The quantitative estimate of drug-likeness (QED) is 0.652. The Morgan fingerprint density at radius 2 is 1.77 bits per heavy atom. The van der Waals surface area contributed by atoms with Gasteiger partial charge in [0.25, 0.3) is 0 Å². The molecule has 7 heteroatoms. The molecule has 0 spiro atoms. The summed E-state index contributed by atoms with van der Waals surface area (Å²) in [6, 6.07) is 5.89. The number of carboxylic acid groups (broad SMARTS) is 1. The van der Waals surface area contributed by atoms with E-state index in [4.69, 9.17) is 0 Å². The minimum absolute atomic E-state index is 0.00553. The van der Waals surface area contributed by atoms with Gasteiger partial charge in [0, 0.05) is 21.6 Å². The number of hydrogen-bond acceptors (Lipinski definition) is 5. The number of hydrogen-bond donors (Lipinski definition) is 1. The SMILES string of the molecule is O=C1C2=C(C(=O)c3ccccc31)C(C(=O)O)([N+](=O)[O-])CC=C2. The van der Waals surface area contributed by atoms with Crippen molar-refractivity contribution < 1.29 is 24.4 Å². The summed E-state index contributed by atoms with van der Waals surface area (Å²) in [5, 5.41) is 20.8. The lowest BCUT2D eigenvalue weighted by Crippen LogP contribution is -2.52. The van der Waals surface area contributed by atoms with Crippen LogP contribution in [0.25, 0.3) is 0 Å². The summed E-state index contributed by atoms with van der Waals surface area (Å²) < 4.78 is 0. The minimum Gasteiger partial charge on any atom is -0.476 e. The van der Waals surface area contributed by atoms with E-state index >= 15 is 0 Å². The van der Waals surface area contributed by atoms with E-state index in [1.807, 2.05) is 0 Å². The van der Waals surface area contributed by atoms with E-state index in [0.717, 1.165) is 0 Å². The number of nitrogens with zero attached hydrogens (tertiary/aromatic N) is 1. The van der Waals surface area contributed by atoms with Crippen LogP contribution in [0.2, 0.25) is 0 Å². The normalized spacial score (nSPS) is 23.1. The fourth-order valence-electron chi connectivity index (χ4n) is 2.85.